The number of benzene rings is 2. The highest BCUT2D eigenvalue weighted by atomic mass is 16.5. The van der Waals surface area contributed by atoms with Gasteiger partial charge in [0.05, 0.1) is 25.7 Å². The Balaban J connectivity index is 1.69. The lowest BCUT2D eigenvalue weighted by Crippen LogP contribution is -2.35. The summed E-state index contributed by atoms with van der Waals surface area (Å²) in [5.41, 5.74) is 5.09. The topological polar surface area (TPSA) is 80.4 Å². The molecule has 0 amide bonds. The first-order valence-corrected chi connectivity index (χ1v) is 11.0. The molecule has 2 atom stereocenters. The number of hydrogen-bond acceptors (Lipinski definition) is 5. The van der Waals surface area contributed by atoms with Crippen LogP contribution in [0.25, 0.3) is 10.9 Å². The summed E-state index contributed by atoms with van der Waals surface area (Å²) in [6.07, 6.45) is 4.65. The number of ether oxygens (including phenoxy) is 2. The van der Waals surface area contributed by atoms with Crippen LogP contribution >= 0.6 is 0 Å². The van der Waals surface area contributed by atoms with Crippen molar-refractivity contribution in [1.82, 2.24) is 10.3 Å². The minimum Gasteiger partial charge on any atom is -0.469 e. The Hall–Kier alpha value is -3.80. The molecule has 6 heteroatoms. The van der Waals surface area contributed by atoms with Gasteiger partial charge in [-0.25, -0.2) is 4.79 Å². The maximum Gasteiger partial charge on any atom is 0.336 e. The average molecular weight is 445 g/mol. The number of methoxy groups -OCH3 is 2. The third-order valence-electron chi connectivity index (χ3n) is 6.20. The molecule has 3 aromatic rings. The van der Waals surface area contributed by atoms with Crippen molar-refractivity contribution in [3.05, 3.63) is 94.8 Å². The van der Waals surface area contributed by atoms with Crippen LogP contribution in [0.1, 0.15) is 24.0 Å². The highest BCUT2D eigenvalue weighted by Gasteiger charge is 2.41. The number of H-pyrrole nitrogens is 1. The lowest BCUT2D eigenvalue weighted by atomic mass is 9.73. The van der Waals surface area contributed by atoms with E-state index in [0.717, 1.165) is 23.1 Å². The number of nitrogens with one attached hydrogen (secondary N) is 2. The summed E-state index contributed by atoms with van der Waals surface area (Å²) in [5, 5.41) is 4.62. The maximum atomic E-state index is 13.0. The molecular weight excluding hydrogens is 416 g/mol. The van der Waals surface area contributed by atoms with E-state index in [2.05, 4.69) is 22.4 Å². The number of esters is 2. The first-order valence-electron chi connectivity index (χ1n) is 11.0. The van der Waals surface area contributed by atoms with Gasteiger partial charge in [-0.3, -0.25) is 4.79 Å². The van der Waals surface area contributed by atoms with Crippen LogP contribution in [-0.2, 0) is 25.5 Å². The molecule has 0 bridgehead atoms. The molecule has 1 heterocycles. The summed E-state index contributed by atoms with van der Waals surface area (Å²) >= 11 is 0. The van der Waals surface area contributed by atoms with Gasteiger partial charge in [0.2, 0.25) is 0 Å². The highest BCUT2D eigenvalue weighted by molar-refractivity contribution is 5.95. The summed E-state index contributed by atoms with van der Waals surface area (Å²) in [4.78, 5) is 29.0. The van der Waals surface area contributed by atoms with Crippen LogP contribution in [0.5, 0.6) is 0 Å². The summed E-state index contributed by atoms with van der Waals surface area (Å²) in [6, 6.07) is 17.7. The smallest absolute Gasteiger partial charge is 0.336 e. The normalized spacial score (nSPS) is 18.1. The van der Waals surface area contributed by atoms with Gasteiger partial charge in [0.15, 0.2) is 0 Å². The van der Waals surface area contributed by atoms with Crippen molar-refractivity contribution in [1.29, 1.82) is 0 Å². The van der Waals surface area contributed by atoms with Crippen molar-refractivity contribution in [2.24, 2.45) is 5.92 Å². The first kappa shape index (κ1) is 22.4. The summed E-state index contributed by atoms with van der Waals surface area (Å²) in [7, 11) is 2.73. The number of allylic oxidation sites excluding steroid dienone is 1. The predicted molar refractivity (Wildman–Crippen MR) is 127 cm³/mol. The third kappa shape index (κ3) is 4.42. The van der Waals surface area contributed by atoms with Gasteiger partial charge in [-0.1, -0.05) is 54.1 Å². The predicted octanol–water partition coefficient (Wildman–Crippen LogP) is 4.26. The van der Waals surface area contributed by atoms with E-state index in [1.54, 1.807) is 0 Å². The number of carbonyl (C=O) groups excluding carboxylic acids is 2. The number of para-hydroxylation sites is 1. The molecule has 0 saturated carbocycles. The molecule has 1 aliphatic carbocycles. The van der Waals surface area contributed by atoms with Crippen molar-refractivity contribution >= 4 is 22.8 Å². The zero-order valence-corrected chi connectivity index (χ0v) is 19.1. The molecule has 0 fully saturated rings. The van der Waals surface area contributed by atoms with Crippen molar-refractivity contribution < 1.29 is 19.1 Å². The number of fused-ring (bicyclic) bond motifs is 1. The van der Waals surface area contributed by atoms with Crippen LogP contribution in [0.4, 0.5) is 0 Å². The van der Waals surface area contributed by atoms with E-state index in [1.807, 2.05) is 61.7 Å². The number of rotatable bonds is 7. The Morgan fingerprint density at radius 1 is 1.00 bits per heavy atom. The molecule has 0 aliphatic heterocycles. The average Bonchev–Trinajstić information content (AvgIpc) is 3.26. The van der Waals surface area contributed by atoms with Crippen LogP contribution in [-0.4, -0.2) is 37.7 Å². The Bertz CT molecular complexity index is 1220. The largest absolute Gasteiger partial charge is 0.469 e. The van der Waals surface area contributed by atoms with E-state index in [-0.39, 0.29) is 5.97 Å². The van der Waals surface area contributed by atoms with Crippen molar-refractivity contribution in [2.75, 3.05) is 20.8 Å². The quantitative estimate of drug-likeness (QED) is 0.532. The fraction of sp³-hybridized carbons (Fsp3) is 0.259. The van der Waals surface area contributed by atoms with Gasteiger partial charge in [-0.05, 0) is 36.6 Å². The lowest BCUT2D eigenvalue weighted by Gasteiger charge is -2.33. The molecule has 6 nitrogen and oxygen atoms in total. The standard InChI is InChI=1S/C27H28N2O4/c1-17-15-22(28-14-13-19-16-29-21-12-8-7-11-20(19)21)25(27(31)33-3)24(23(17)26(30)32-2)18-9-5-4-6-10-18/h4-12,15-16,23-24,28-29H,13-14H2,1-3H3/t23-,24-/m0/s1. The Kier molecular flexibility index (Phi) is 6.63. The van der Waals surface area contributed by atoms with Crippen LogP contribution in [0, 0.1) is 5.92 Å². The van der Waals surface area contributed by atoms with Gasteiger partial charge >= 0.3 is 11.9 Å². The molecule has 2 N–H and O–H groups in total. The fourth-order valence-corrected chi connectivity index (χ4v) is 4.62. The van der Waals surface area contributed by atoms with Crippen LogP contribution in [0.15, 0.2) is 83.7 Å². The molecule has 33 heavy (non-hydrogen) atoms. The van der Waals surface area contributed by atoms with Crippen molar-refractivity contribution in [3.8, 4) is 0 Å². The second-order valence-corrected chi connectivity index (χ2v) is 8.13. The molecule has 170 valence electrons. The van der Waals surface area contributed by atoms with Gasteiger partial charge in [-0.2, -0.15) is 0 Å². The molecule has 1 aromatic heterocycles. The number of aromatic nitrogens is 1. The summed E-state index contributed by atoms with van der Waals surface area (Å²) in [6.45, 7) is 2.51. The minimum atomic E-state index is -0.606. The third-order valence-corrected chi connectivity index (χ3v) is 6.20. The molecule has 0 spiro atoms. The molecule has 0 unspecified atom stereocenters. The van der Waals surface area contributed by atoms with E-state index < -0.39 is 17.8 Å². The van der Waals surface area contributed by atoms with E-state index in [9.17, 15) is 9.59 Å². The van der Waals surface area contributed by atoms with Crippen LogP contribution in [0.3, 0.4) is 0 Å². The molecule has 0 radical (unpaired) electrons. The van der Waals surface area contributed by atoms with Gasteiger partial charge < -0.3 is 19.8 Å². The van der Waals surface area contributed by atoms with Crippen molar-refractivity contribution in [2.45, 2.75) is 19.3 Å². The fourth-order valence-electron chi connectivity index (χ4n) is 4.62. The monoisotopic (exact) mass is 444 g/mol. The van der Waals surface area contributed by atoms with Crippen LogP contribution in [0.2, 0.25) is 0 Å². The molecule has 2 aromatic carbocycles. The molecule has 4 rings (SSSR count). The second kappa shape index (κ2) is 9.77. The summed E-state index contributed by atoms with van der Waals surface area (Å²) in [5.74, 6) is -1.95. The minimum absolute atomic E-state index is 0.378. The van der Waals surface area contributed by atoms with Gasteiger partial charge in [0.25, 0.3) is 0 Å². The molecule has 0 saturated heterocycles. The Morgan fingerprint density at radius 2 is 1.73 bits per heavy atom. The number of aromatic amines is 1. The number of carbonyl (C=O) groups is 2. The van der Waals surface area contributed by atoms with Gasteiger partial charge in [0.1, 0.15) is 0 Å². The van der Waals surface area contributed by atoms with Crippen LogP contribution < -0.4 is 5.32 Å². The molecular formula is C27H28N2O4. The lowest BCUT2D eigenvalue weighted by molar-refractivity contribution is -0.145. The zero-order valence-electron chi connectivity index (χ0n) is 19.1. The maximum absolute atomic E-state index is 13.0. The second-order valence-electron chi connectivity index (χ2n) is 8.13. The van der Waals surface area contributed by atoms with Gasteiger partial charge in [0, 0.05) is 35.3 Å². The molecule has 1 aliphatic rings. The van der Waals surface area contributed by atoms with E-state index in [4.69, 9.17) is 9.47 Å². The van der Waals surface area contributed by atoms with Crippen molar-refractivity contribution in [3.63, 3.8) is 0 Å². The SMILES string of the molecule is COC(=O)C1=C(NCCc2c[nH]c3ccccc23)C=C(C)[C@H](C(=O)OC)[C@@H]1c1ccccc1. The zero-order chi connectivity index (χ0) is 23.4. The highest BCUT2D eigenvalue weighted by Crippen LogP contribution is 2.42. The van der Waals surface area contributed by atoms with E-state index in [0.29, 0.717) is 17.8 Å². The Labute approximate surface area is 193 Å². The Morgan fingerprint density at radius 3 is 2.45 bits per heavy atom. The first-order chi connectivity index (χ1) is 16.0. The number of hydrogen-bond donors (Lipinski definition) is 2. The van der Waals surface area contributed by atoms with E-state index >= 15 is 0 Å². The van der Waals surface area contributed by atoms with E-state index in [1.165, 1.54) is 25.2 Å². The van der Waals surface area contributed by atoms with Gasteiger partial charge in [-0.15, -0.1) is 0 Å². The summed E-state index contributed by atoms with van der Waals surface area (Å²) < 4.78 is 10.3.